The Kier molecular flexibility index (Phi) is 6.79. The van der Waals surface area contributed by atoms with Gasteiger partial charge in [-0.15, -0.1) is 0 Å². The molecule has 0 heterocycles. The zero-order valence-corrected chi connectivity index (χ0v) is 12.1. The molecule has 1 atom stereocenters. The molecule has 0 spiro atoms. The first-order chi connectivity index (χ1) is 7.90. The fraction of sp³-hybridized carbons (Fsp3) is 0.562. The molecule has 0 saturated carbocycles. The smallest absolute Gasteiger partial charge is 0.137 e. The third-order valence-electron chi connectivity index (χ3n) is 2.51. The molecule has 0 N–H and O–H groups in total. The maximum atomic E-state index is 11.6. The van der Waals surface area contributed by atoms with Crippen molar-refractivity contribution in [2.45, 2.75) is 53.9 Å². The highest BCUT2D eigenvalue weighted by molar-refractivity contribution is 5.83. The van der Waals surface area contributed by atoms with Crippen LogP contribution in [-0.2, 0) is 4.79 Å². The van der Waals surface area contributed by atoms with Gasteiger partial charge in [-0.2, -0.15) is 0 Å². The molecule has 1 rings (SSSR count). The second-order valence-corrected chi connectivity index (χ2v) is 5.34. The Bertz CT molecular complexity index is 319. The van der Waals surface area contributed by atoms with E-state index in [-0.39, 0.29) is 17.1 Å². The largest absolute Gasteiger partial charge is 0.299 e. The van der Waals surface area contributed by atoms with Crippen LogP contribution in [0, 0.1) is 5.41 Å². The van der Waals surface area contributed by atoms with Gasteiger partial charge in [0.2, 0.25) is 0 Å². The molecule has 0 aromatic heterocycles. The predicted octanol–water partition coefficient (Wildman–Crippen LogP) is 4.82. The second-order valence-electron chi connectivity index (χ2n) is 5.34. The highest BCUT2D eigenvalue weighted by atomic mass is 16.1. The zero-order valence-electron chi connectivity index (χ0n) is 12.1. The number of ketones is 1. The van der Waals surface area contributed by atoms with Gasteiger partial charge in [0.1, 0.15) is 5.78 Å². The lowest BCUT2D eigenvalue weighted by molar-refractivity contribution is -0.119. The summed E-state index contributed by atoms with van der Waals surface area (Å²) in [4.78, 5) is 11.6. The van der Waals surface area contributed by atoms with Crippen LogP contribution in [0.5, 0.6) is 0 Å². The maximum Gasteiger partial charge on any atom is 0.137 e. The molecule has 0 aliphatic rings. The van der Waals surface area contributed by atoms with Gasteiger partial charge in [-0.25, -0.2) is 0 Å². The molecule has 0 aliphatic carbocycles. The van der Waals surface area contributed by atoms with E-state index >= 15 is 0 Å². The quantitative estimate of drug-likeness (QED) is 0.732. The van der Waals surface area contributed by atoms with Gasteiger partial charge in [-0.3, -0.25) is 4.79 Å². The van der Waals surface area contributed by atoms with Crippen molar-refractivity contribution in [2.24, 2.45) is 5.41 Å². The standard InChI is InChI=1S/C14H20O.C2H6/c1-11(15)13(10-14(2,3)4)12-8-6-5-7-9-12;1-2/h5-9,13H,10H2,1-4H3;1-2H3/t13-;/m0./s1. The number of carbonyl (C=O) groups excluding carboxylic acids is 1. The fourth-order valence-electron chi connectivity index (χ4n) is 1.79. The molecule has 1 nitrogen and oxygen atoms in total. The Balaban J connectivity index is 0.00000121. The van der Waals surface area contributed by atoms with E-state index in [1.807, 2.05) is 44.2 Å². The average molecular weight is 234 g/mol. The molecule has 1 heteroatoms. The van der Waals surface area contributed by atoms with Crippen molar-refractivity contribution in [1.82, 2.24) is 0 Å². The molecular weight excluding hydrogens is 208 g/mol. The molecule has 17 heavy (non-hydrogen) atoms. The third kappa shape index (κ3) is 6.25. The van der Waals surface area contributed by atoms with Crippen LogP contribution in [0.15, 0.2) is 30.3 Å². The average Bonchev–Trinajstić information content (AvgIpc) is 2.28. The van der Waals surface area contributed by atoms with E-state index in [4.69, 9.17) is 0 Å². The lowest BCUT2D eigenvalue weighted by Gasteiger charge is -2.24. The Morgan fingerprint density at radius 2 is 1.59 bits per heavy atom. The van der Waals surface area contributed by atoms with Crippen molar-refractivity contribution in [3.63, 3.8) is 0 Å². The summed E-state index contributed by atoms with van der Waals surface area (Å²) >= 11 is 0. The minimum atomic E-state index is 0.0474. The van der Waals surface area contributed by atoms with Crippen LogP contribution < -0.4 is 0 Å². The zero-order chi connectivity index (χ0) is 13.5. The number of hydrogen-bond donors (Lipinski definition) is 0. The summed E-state index contributed by atoms with van der Waals surface area (Å²) in [6, 6.07) is 10.1. The lowest BCUT2D eigenvalue weighted by Crippen LogP contribution is -2.17. The fourth-order valence-corrected chi connectivity index (χ4v) is 1.79. The summed E-state index contributed by atoms with van der Waals surface area (Å²) in [5, 5.41) is 0. The Morgan fingerprint density at radius 3 is 1.94 bits per heavy atom. The molecule has 0 amide bonds. The van der Waals surface area contributed by atoms with Crippen LogP contribution in [0.4, 0.5) is 0 Å². The summed E-state index contributed by atoms with van der Waals surface area (Å²) in [5.41, 5.74) is 1.33. The van der Waals surface area contributed by atoms with Crippen molar-refractivity contribution in [1.29, 1.82) is 0 Å². The van der Waals surface area contributed by atoms with Gasteiger partial charge in [0, 0.05) is 5.92 Å². The van der Waals surface area contributed by atoms with Gasteiger partial charge in [-0.1, -0.05) is 65.0 Å². The van der Waals surface area contributed by atoms with Crippen molar-refractivity contribution in [3.05, 3.63) is 35.9 Å². The minimum Gasteiger partial charge on any atom is -0.299 e. The van der Waals surface area contributed by atoms with Crippen LogP contribution in [0.25, 0.3) is 0 Å². The number of Topliss-reactive ketones (excluding diaryl/α,β-unsaturated/α-hetero) is 1. The normalized spacial score (nSPS) is 12.4. The molecular formula is C16H26O. The minimum absolute atomic E-state index is 0.0474. The van der Waals surface area contributed by atoms with E-state index in [1.54, 1.807) is 6.92 Å². The Hall–Kier alpha value is -1.11. The van der Waals surface area contributed by atoms with E-state index in [0.717, 1.165) is 12.0 Å². The van der Waals surface area contributed by atoms with E-state index in [2.05, 4.69) is 20.8 Å². The monoisotopic (exact) mass is 234 g/mol. The molecule has 0 bridgehead atoms. The molecule has 0 fully saturated rings. The maximum absolute atomic E-state index is 11.6. The molecule has 0 aliphatic heterocycles. The third-order valence-corrected chi connectivity index (χ3v) is 2.51. The lowest BCUT2D eigenvalue weighted by atomic mass is 9.80. The summed E-state index contributed by atoms with van der Waals surface area (Å²) in [5.74, 6) is 0.308. The summed E-state index contributed by atoms with van der Waals surface area (Å²) < 4.78 is 0. The summed E-state index contributed by atoms with van der Waals surface area (Å²) in [6.07, 6.45) is 0.909. The number of carbonyl (C=O) groups is 1. The van der Waals surface area contributed by atoms with Crippen LogP contribution in [-0.4, -0.2) is 5.78 Å². The molecule has 0 unspecified atom stereocenters. The van der Waals surface area contributed by atoms with Gasteiger partial charge < -0.3 is 0 Å². The van der Waals surface area contributed by atoms with Crippen molar-refractivity contribution in [3.8, 4) is 0 Å². The van der Waals surface area contributed by atoms with Crippen LogP contribution in [0.2, 0.25) is 0 Å². The molecule has 1 aromatic rings. The summed E-state index contributed by atoms with van der Waals surface area (Å²) in [7, 11) is 0. The topological polar surface area (TPSA) is 17.1 Å². The van der Waals surface area contributed by atoms with Gasteiger partial charge in [-0.05, 0) is 24.3 Å². The van der Waals surface area contributed by atoms with Gasteiger partial charge in [0.15, 0.2) is 0 Å². The molecule has 0 saturated heterocycles. The van der Waals surface area contributed by atoms with E-state index < -0.39 is 0 Å². The van der Waals surface area contributed by atoms with Gasteiger partial charge in [0.05, 0.1) is 0 Å². The molecule has 0 radical (unpaired) electrons. The number of benzene rings is 1. The van der Waals surface area contributed by atoms with Crippen LogP contribution in [0.3, 0.4) is 0 Å². The van der Waals surface area contributed by atoms with E-state index in [9.17, 15) is 4.79 Å². The van der Waals surface area contributed by atoms with Crippen molar-refractivity contribution >= 4 is 5.78 Å². The van der Waals surface area contributed by atoms with Crippen LogP contribution in [0.1, 0.15) is 59.4 Å². The van der Waals surface area contributed by atoms with Gasteiger partial charge in [0.25, 0.3) is 0 Å². The highest BCUT2D eigenvalue weighted by Crippen LogP contribution is 2.31. The summed E-state index contributed by atoms with van der Waals surface area (Å²) in [6.45, 7) is 12.2. The van der Waals surface area contributed by atoms with Crippen molar-refractivity contribution < 1.29 is 4.79 Å². The van der Waals surface area contributed by atoms with Crippen LogP contribution >= 0.6 is 0 Å². The molecule has 96 valence electrons. The molecule has 1 aromatic carbocycles. The Labute approximate surface area is 106 Å². The van der Waals surface area contributed by atoms with E-state index in [1.165, 1.54) is 0 Å². The second kappa shape index (κ2) is 7.26. The van der Waals surface area contributed by atoms with E-state index in [0.29, 0.717) is 0 Å². The number of rotatable bonds is 3. The predicted molar refractivity (Wildman–Crippen MR) is 75.3 cm³/mol. The SMILES string of the molecule is CC.CC(=O)[C@H](CC(C)(C)C)c1ccccc1. The Morgan fingerprint density at radius 1 is 1.12 bits per heavy atom. The number of hydrogen-bond acceptors (Lipinski definition) is 1. The first kappa shape index (κ1) is 15.9. The first-order valence-corrected chi connectivity index (χ1v) is 6.45. The highest BCUT2D eigenvalue weighted by Gasteiger charge is 2.23. The van der Waals surface area contributed by atoms with Gasteiger partial charge >= 0.3 is 0 Å². The first-order valence-electron chi connectivity index (χ1n) is 6.45. The van der Waals surface area contributed by atoms with Crippen molar-refractivity contribution in [2.75, 3.05) is 0 Å².